The molecule has 0 aliphatic carbocycles. The highest BCUT2D eigenvalue weighted by molar-refractivity contribution is 5.89. The van der Waals surface area contributed by atoms with Crippen LogP contribution in [0, 0.1) is 5.21 Å². The van der Waals surface area contributed by atoms with Crippen LogP contribution in [-0.2, 0) is 11.2 Å². The van der Waals surface area contributed by atoms with Gasteiger partial charge >= 0.3 is 0 Å². The van der Waals surface area contributed by atoms with Crippen molar-refractivity contribution in [2.24, 2.45) is 0 Å². The van der Waals surface area contributed by atoms with Gasteiger partial charge in [-0.2, -0.15) is 0 Å². The van der Waals surface area contributed by atoms with Crippen LogP contribution >= 0.6 is 0 Å². The second-order valence-corrected chi connectivity index (χ2v) is 5.51. The van der Waals surface area contributed by atoms with Crippen LogP contribution < -0.4 is 0 Å². The molecule has 2 aromatic rings. The SMILES string of the molecule is O=C(/C=C\C(O)Cc1ccccc1)CC/[N+]([O-])=C/c1ccccc1. The minimum Gasteiger partial charge on any atom is -0.624 e. The molecule has 0 fully saturated rings. The van der Waals surface area contributed by atoms with Gasteiger partial charge in [-0.3, -0.25) is 4.79 Å². The maximum absolute atomic E-state index is 11.8. The molecule has 24 heavy (non-hydrogen) atoms. The Morgan fingerprint density at radius 2 is 1.71 bits per heavy atom. The van der Waals surface area contributed by atoms with Gasteiger partial charge in [0.2, 0.25) is 0 Å². The van der Waals surface area contributed by atoms with Gasteiger partial charge < -0.3 is 10.3 Å². The molecular weight excluding hydrogens is 302 g/mol. The number of rotatable bonds is 8. The number of ketones is 1. The number of hydrogen-bond acceptors (Lipinski definition) is 3. The Bertz CT molecular complexity index is 693. The van der Waals surface area contributed by atoms with Gasteiger partial charge in [0, 0.05) is 12.0 Å². The van der Waals surface area contributed by atoms with E-state index in [-0.39, 0.29) is 18.7 Å². The molecule has 0 saturated heterocycles. The predicted molar refractivity (Wildman–Crippen MR) is 95.0 cm³/mol. The van der Waals surface area contributed by atoms with E-state index in [1.165, 1.54) is 18.4 Å². The molecular formula is C20H21NO3. The maximum atomic E-state index is 11.8. The molecule has 1 unspecified atom stereocenters. The van der Waals surface area contributed by atoms with Crippen molar-refractivity contribution in [2.75, 3.05) is 6.54 Å². The molecule has 0 saturated carbocycles. The molecule has 0 heterocycles. The number of nitrogens with zero attached hydrogens (tertiary/aromatic N) is 1. The summed E-state index contributed by atoms with van der Waals surface area (Å²) in [6.07, 6.45) is 4.15. The normalized spacial score (nSPS) is 13.1. The van der Waals surface area contributed by atoms with Crippen LogP contribution in [0.1, 0.15) is 17.5 Å². The van der Waals surface area contributed by atoms with Crippen molar-refractivity contribution in [1.82, 2.24) is 0 Å². The van der Waals surface area contributed by atoms with Crippen molar-refractivity contribution >= 4 is 12.0 Å². The Morgan fingerprint density at radius 1 is 1.08 bits per heavy atom. The monoisotopic (exact) mass is 323 g/mol. The van der Waals surface area contributed by atoms with Crippen molar-refractivity contribution in [3.8, 4) is 0 Å². The number of aliphatic hydroxyl groups excluding tert-OH is 1. The quantitative estimate of drug-likeness (QED) is 0.267. The number of carbonyl (C=O) groups is 1. The lowest BCUT2D eigenvalue weighted by Crippen LogP contribution is -2.12. The highest BCUT2D eigenvalue weighted by atomic mass is 16.5. The average molecular weight is 323 g/mol. The summed E-state index contributed by atoms with van der Waals surface area (Å²) in [5.74, 6) is -0.176. The van der Waals surface area contributed by atoms with Crippen molar-refractivity contribution in [1.29, 1.82) is 0 Å². The second kappa shape index (κ2) is 9.43. The zero-order valence-corrected chi connectivity index (χ0v) is 13.4. The summed E-state index contributed by atoms with van der Waals surface area (Å²) in [6.45, 7) is 0.0901. The summed E-state index contributed by atoms with van der Waals surface area (Å²) in [4.78, 5) is 11.8. The molecule has 2 aromatic carbocycles. The van der Waals surface area contributed by atoms with Gasteiger partial charge in [-0.05, 0) is 23.8 Å². The third-order valence-corrected chi connectivity index (χ3v) is 3.46. The van der Waals surface area contributed by atoms with E-state index in [2.05, 4.69) is 0 Å². The van der Waals surface area contributed by atoms with E-state index >= 15 is 0 Å². The van der Waals surface area contributed by atoms with Crippen molar-refractivity contribution in [3.63, 3.8) is 0 Å². The molecule has 0 radical (unpaired) electrons. The first kappa shape index (κ1) is 17.6. The van der Waals surface area contributed by atoms with Crippen LogP contribution in [0.2, 0.25) is 0 Å². The first-order valence-corrected chi connectivity index (χ1v) is 7.90. The number of hydroxylamine groups is 1. The molecule has 0 bridgehead atoms. The highest BCUT2D eigenvalue weighted by Gasteiger charge is 2.05. The first-order chi connectivity index (χ1) is 11.6. The van der Waals surface area contributed by atoms with E-state index in [0.717, 1.165) is 15.9 Å². The first-order valence-electron chi connectivity index (χ1n) is 7.90. The molecule has 4 nitrogen and oxygen atoms in total. The molecule has 0 aliphatic rings. The summed E-state index contributed by atoms with van der Waals surface area (Å²) in [5.41, 5.74) is 1.80. The Kier molecular flexibility index (Phi) is 6.92. The van der Waals surface area contributed by atoms with Gasteiger partial charge in [0.1, 0.15) is 0 Å². The molecule has 1 N–H and O–H groups in total. The Morgan fingerprint density at radius 3 is 2.38 bits per heavy atom. The number of hydrogen-bond donors (Lipinski definition) is 1. The lowest BCUT2D eigenvalue weighted by Gasteiger charge is -2.05. The predicted octanol–water partition coefficient (Wildman–Crippen LogP) is 2.73. The summed E-state index contributed by atoms with van der Waals surface area (Å²) in [5, 5.41) is 21.6. The molecule has 1 atom stereocenters. The largest absolute Gasteiger partial charge is 0.624 e. The fraction of sp³-hybridized carbons (Fsp3) is 0.200. The number of allylic oxidation sites excluding steroid dienone is 1. The summed E-state index contributed by atoms with van der Waals surface area (Å²) in [6, 6.07) is 18.8. The smallest absolute Gasteiger partial charge is 0.181 e. The summed E-state index contributed by atoms with van der Waals surface area (Å²) in [7, 11) is 0. The Balaban J connectivity index is 1.77. The van der Waals surface area contributed by atoms with E-state index in [4.69, 9.17) is 0 Å². The van der Waals surface area contributed by atoms with Crippen LogP contribution in [0.5, 0.6) is 0 Å². The van der Waals surface area contributed by atoms with Crippen molar-refractivity contribution < 1.29 is 14.6 Å². The van der Waals surface area contributed by atoms with Gasteiger partial charge in [0.25, 0.3) is 0 Å². The van der Waals surface area contributed by atoms with Crippen LogP contribution in [0.25, 0.3) is 0 Å². The number of aliphatic hydroxyl groups is 1. The standard InChI is InChI=1S/C20H21NO3/c22-19(11-12-20(23)15-17-7-3-1-4-8-17)13-14-21(24)16-18-9-5-2-6-10-18/h1-12,16,20,23H,13-15H2/b12-11-,21-16-. The fourth-order valence-corrected chi connectivity index (χ4v) is 2.22. The average Bonchev–Trinajstić information content (AvgIpc) is 2.60. The Hall–Kier alpha value is -2.72. The van der Waals surface area contributed by atoms with E-state index < -0.39 is 6.10 Å². The lowest BCUT2D eigenvalue weighted by molar-refractivity contribution is -0.450. The minimum absolute atomic E-state index is 0.0901. The van der Waals surface area contributed by atoms with Crippen LogP contribution in [0.15, 0.2) is 72.8 Å². The molecule has 0 spiro atoms. The second-order valence-electron chi connectivity index (χ2n) is 5.51. The van der Waals surface area contributed by atoms with Gasteiger partial charge in [0.05, 0.1) is 12.5 Å². The van der Waals surface area contributed by atoms with Crippen LogP contribution in [-0.4, -0.2) is 34.5 Å². The zero-order chi connectivity index (χ0) is 17.2. The van der Waals surface area contributed by atoms with Gasteiger partial charge in [0.15, 0.2) is 18.5 Å². The molecule has 124 valence electrons. The third-order valence-electron chi connectivity index (χ3n) is 3.46. The summed E-state index contributed by atoms with van der Waals surface area (Å²) < 4.78 is 0.751. The summed E-state index contributed by atoms with van der Waals surface area (Å²) >= 11 is 0. The Labute approximate surface area is 142 Å². The van der Waals surface area contributed by atoms with E-state index in [1.54, 1.807) is 0 Å². The molecule has 2 rings (SSSR count). The topological polar surface area (TPSA) is 63.4 Å². The fourth-order valence-electron chi connectivity index (χ4n) is 2.22. The van der Waals surface area contributed by atoms with Crippen LogP contribution in [0.4, 0.5) is 0 Å². The van der Waals surface area contributed by atoms with Gasteiger partial charge in [-0.25, -0.2) is 4.74 Å². The van der Waals surface area contributed by atoms with E-state index in [9.17, 15) is 15.1 Å². The maximum Gasteiger partial charge on any atom is 0.181 e. The van der Waals surface area contributed by atoms with Crippen molar-refractivity contribution in [3.05, 3.63) is 89.1 Å². The minimum atomic E-state index is -0.712. The number of carbonyl (C=O) groups excluding carboxylic acids is 1. The molecule has 0 amide bonds. The zero-order valence-electron chi connectivity index (χ0n) is 13.4. The van der Waals surface area contributed by atoms with Gasteiger partial charge in [-0.1, -0.05) is 54.6 Å². The molecule has 0 aromatic heterocycles. The lowest BCUT2D eigenvalue weighted by atomic mass is 10.1. The third kappa shape index (κ3) is 6.58. The van der Waals surface area contributed by atoms with E-state index in [1.807, 2.05) is 60.7 Å². The number of benzene rings is 2. The van der Waals surface area contributed by atoms with Gasteiger partial charge in [-0.15, -0.1) is 0 Å². The van der Waals surface area contributed by atoms with Crippen LogP contribution in [0.3, 0.4) is 0 Å². The van der Waals surface area contributed by atoms with Crippen molar-refractivity contribution in [2.45, 2.75) is 18.9 Å². The molecule has 4 heteroatoms. The van der Waals surface area contributed by atoms with E-state index in [0.29, 0.717) is 6.42 Å². The highest BCUT2D eigenvalue weighted by Crippen LogP contribution is 2.04. The molecule has 0 aliphatic heterocycles.